The number of hydrogen-bond acceptors (Lipinski definition) is 6. The largest absolute Gasteiger partial charge is 0.357 e. The smallest absolute Gasteiger partial charge is 0.270 e. The number of hydrogen-bond donors (Lipinski definition) is 1. The van der Waals surface area contributed by atoms with Gasteiger partial charge in [-0.15, -0.1) is 0 Å². The molecule has 8 nitrogen and oxygen atoms in total. The van der Waals surface area contributed by atoms with Gasteiger partial charge >= 0.3 is 0 Å². The Morgan fingerprint density at radius 1 is 1.20 bits per heavy atom. The van der Waals surface area contributed by atoms with E-state index in [2.05, 4.69) is 39.0 Å². The number of carbonyl (C=O) groups excluding carboxylic acids is 1. The Hall–Kier alpha value is -3.13. The van der Waals surface area contributed by atoms with Crippen LogP contribution in [0, 0.1) is 11.3 Å². The second-order valence-corrected chi connectivity index (χ2v) is 8.71. The van der Waals surface area contributed by atoms with Crippen LogP contribution in [0.4, 0.5) is 5.95 Å². The number of anilines is 1. The molecular formula is C22H26N6O2. The summed E-state index contributed by atoms with van der Waals surface area (Å²) in [4.78, 5) is 27.0. The molecule has 0 aliphatic carbocycles. The van der Waals surface area contributed by atoms with Crippen molar-refractivity contribution in [2.75, 3.05) is 51.7 Å². The number of amides is 1. The second kappa shape index (κ2) is 7.28. The Kier molecular flexibility index (Phi) is 4.58. The number of H-pyrrole nitrogens is 1. The van der Waals surface area contributed by atoms with E-state index >= 15 is 0 Å². The van der Waals surface area contributed by atoms with Gasteiger partial charge in [-0.1, -0.05) is 18.2 Å². The molecule has 0 spiro atoms. The average Bonchev–Trinajstić information content (AvgIpc) is 3.50. The molecule has 1 N–H and O–H groups in total. The van der Waals surface area contributed by atoms with Gasteiger partial charge in [0.1, 0.15) is 5.69 Å². The highest BCUT2D eigenvalue weighted by Crippen LogP contribution is 2.44. The van der Waals surface area contributed by atoms with Gasteiger partial charge in [0.2, 0.25) is 0 Å². The average molecular weight is 406 g/mol. The van der Waals surface area contributed by atoms with Crippen LogP contribution < -0.4 is 4.90 Å². The van der Waals surface area contributed by atoms with Crippen molar-refractivity contribution in [1.29, 1.82) is 0 Å². The number of aromatic amines is 1. The number of carbonyl (C=O) groups is 1. The highest BCUT2D eigenvalue weighted by Gasteiger charge is 2.54. The molecular weight excluding hydrogens is 380 g/mol. The molecule has 8 heteroatoms. The molecule has 0 unspecified atom stereocenters. The third-order valence-corrected chi connectivity index (χ3v) is 6.22. The van der Waals surface area contributed by atoms with E-state index in [0.29, 0.717) is 23.5 Å². The van der Waals surface area contributed by atoms with Crippen LogP contribution in [0.5, 0.6) is 0 Å². The summed E-state index contributed by atoms with van der Waals surface area (Å²) in [6, 6.07) is 13.5. The molecule has 2 saturated heterocycles. The maximum atomic E-state index is 12.9. The molecule has 3 aromatic rings. The zero-order chi connectivity index (χ0) is 20.7. The summed E-state index contributed by atoms with van der Waals surface area (Å²) in [5, 5.41) is 4.25. The van der Waals surface area contributed by atoms with Crippen molar-refractivity contribution >= 4 is 11.9 Å². The first-order chi connectivity index (χ1) is 14.5. The second-order valence-electron chi connectivity index (χ2n) is 8.71. The maximum absolute atomic E-state index is 12.9. The van der Waals surface area contributed by atoms with Crippen molar-refractivity contribution in [1.82, 2.24) is 24.9 Å². The normalized spacial score (nSPS) is 23.4. The van der Waals surface area contributed by atoms with Crippen LogP contribution in [0.3, 0.4) is 0 Å². The molecule has 2 fully saturated rings. The number of nitrogens with one attached hydrogen (secondary N) is 1. The number of likely N-dealkylation sites (tertiary alicyclic amines) is 1. The number of benzene rings is 1. The topological polar surface area (TPSA) is 81.5 Å². The summed E-state index contributed by atoms with van der Waals surface area (Å²) in [7, 11) is 4.18. The minimum Gasteiger partial charge on any atom is -0.357 e. The predicted molar refractivity (Wildman–Crippen MR) is 113 cm³/mol. The molecule has 2 aliphatic rings. The number of rotatable bonds is 5. The Bertz CT molecular complexity index is 1020. The van der Waals surface area contributed by atoms with E-state index < -0.39 is 0 Å². The van der Waals surface area contributed by atoms with Crippen LogP contribution in [-0.2, 0) is 0 Å². The fourth-order valence-electron chi connectivity index (χ4n) is 5.02. The molecule has 2 aliphatic heterocycles. The summed E-state index contributed by atoms with van der Waals surface area (Å²) in [6.45, 7) is 4.00. The first-order valence-electron chi connectivity index (χ1n) is 10.3. The lowest BCUT2D eigenvalue weighted by Crippen LogP contribution is -2.43. The molecule has 2 atom stereocenters. The van der Waals surface area contributed by atoms with Crippen molar-refractivity contribution < 1.29 is 9.32 Å². The molecule has 0 radical (unpaired) electrons. The molecule has 4 heterocycles. The number of aromatic nitrogens is 3. The minimum atomic E-state index is -0.0146. The lowest BCUT2D eigenvalue weighted by molar-refractivity contribution is 0.0760. The summed E-state index contributed by atoms with van der Waals surface area (Å²) in [5.74, 6) is 1.60. The van der Waals surface area contributed by atoms with Gasteiger partial charge in [-0.05, 0) is 43.5 Å². The minimum absolute atomic E-state index is 0.0146. The van der Waals surface area contributed by atoms with Gasteiger partial charge in [-0.2, -0.15) is 4.98 Å². The van der Waals surface area contributed by atoms with Crippen molar-refractivity contribution in [3.63, 3.8) is 0 Å². The monoisotopic (exact) mass is 406 g/mol. The van der Waals surface area contributed by atoms with Crippen LogP contribution in [0.1, 0.15) is 10.5 Å². The highest BCUT2D eigenvalue weighted by atomic mass is 16.5. The molecule has 156 valence electrons. The van der Waals surface area contributed by atoms with E-state index in [-0.39, 0.29) is 11.3 Å². The van der Waals surface area contributed by atoms with Crippen molar-refractivity contribution in [2.24, 2.45) is 11.3 Å². The van der Waals surface area contributed by atoms with Crippen molar-refractivity contribution in [2.45, 2.75) is 0 Å². The number of nitrogens with zero attached hydrogens (tertiary/aromatic N) is 5. The van der Waals surface area contributed by atoms with E-state index in [0.717, 1.165) is 38.3 Å². The zero-order valence-corrected chi connectivity index (χ0v) is 17.3. The highest BCUT2D eigenvalue weighted by molar-refractivity contribution is 5.92. The van der Waals surface area contributed by atoms with Gasteiger partial charge in [0, 0.05) is 55.8 Å². The van der Waals surface area contributed by atoms with E-state index in [1.807, 2.05) is 47.4 Å². The van der Waals surface area contributed by atoms with Crippen LogP contribution in [-0.4, -0.2) is 77.7 Å². The summed E-state index contributed by atoms with van der Waals surface area (Å²) >= 11 is 0. The Morgan fingerprint density at radius 2 is 2.03 bits per heavy atom. The SMILES string of the molecule is CN(C)C[C@@]12CN(C(=O)c3ccc[nH]3)C[C@@H]1CN(c1noc(-c3ccccc3)n1)C2. The molecule has 2 aromatic heterocycles. The Labute approximate surface area is 175 Å². The quantitative estimate of drug-likeness (QED) is 0.700. The fourth-order valence-corrected chi connectivity index (χ4v) is 5.02. The Balaban J connectivity index is 1.36. The molecule has 1 amide bonds. The third kappa shape index (κ3) is 3.27. The van der Waals surface area contributed by atoms with Crippen LogP contribution in [0.25, 0.3) is 11.5 Å². The molecule has 1 aromatic carbocycles. The van der Waals surface area contributed by atoms with Crippen LogP contribution in [0.15, 0.2) is 53.2 Å². The molecule has 0 bridgehead atoms. The lowest BCUT2D eigenvalue weighted by atomic mass is 9.80. The van der Waals surface area contributed by atoms with Crippen molar-refractivity contribution in [3.05, 3.63) is 54.4 Å². The first-order valence-corrected chi connectivity index (χ1v) is 10.3. The first kappa shape index (κ1) is 18.9. The van der Waals surface area contributed by atoms with E-state index in [1.165, 1.54) is 0 Å². The third-order valence-electron chi connectivity index (χ3n) is 6.22. The summed E-state index contributed by atoms with van der Waals surface area (Å²) in [5.41, 5.74) is 1.55. The standard InChI is InChI=1S/C22H26N6O2/c1-26(2)13-22-14-27(20(29)18-9-6-10-23-18)11-17(22)12-28(15-22)21-24-19(30-25-21)16-7-4-3-5-8-16/h3-10,17,23H,11-15H2,1-2H3/t17-,22+/m1/s1. The van der Waals surface area contributed by atoms with Crippen LogP contribution >= 0.6 is 0 Å². The summed E-state index contributed by atoms with van der Waals surface area (Å²) < 4.78 is 5.53. The maximum Gasteiger partial charge on any atom is 0.270 e. The molecule has 0 saturated carbocycles. The van der Waals surface area contributed by atoms with E-state index in [1.54, 1.807) is 6.20 Å². The lowest BCUT2D eigenvalue weighted by Gasteiger charge is -2.31. The fraction of sp³-hybridized carbons (Fsp3) is 0.409. The van der Waals surface area contributed by atoms with Gasteiger partial charge in [-0.3, -0.25) is 4.79 Å². The van der Waals surface area contributed by atoms with Crippen molar-refractivity contribution in [3.8, 4) is 11.5 Å². The van der Waals surface area contributed by atoms with E-state index in [9.17, 15) is 4.79 Å². The summed E-state index contributed by atoms with van der Waals surface area (Å²) in [6.07, 6.45) is 1.79. The van der Waals surface area contributed by atoms with Gasteiger partial charge in [0.15, 0.2) is 0 Å². The molecule has 5 rings (SSSR count). The molecule has 30 heavy (non-hydrogen) atoms. The zero-order valence-electron chi connectivity index (χ0n) is 17.3. The van der Waals surface area contributed by atoms with Gasteiger partial charge in [0.05, 0.1) is 0 Å². The van der Waals surface area contributed by atoms with Crippen LogP contribution in [0.2, 0.25) is 0 Å². The Morgan fingerprint density at radius 3 is 2.77 bits per heavy atom. The number of fused-ring (bicyclic) bond motifs is 1. The van der Waals surface area contributed by atoms with E-state index in [4.69, 9.17) is 4.52 Å². The van der Waals surface area contributed by atoms with Gasteiger partial charge in [0.25, 0.3) is 17.7 Å². The predicted octanol–water partition coefficient (Wildman–Crippen LogP) is 2.20. The van der Waals surface area contributed by atoms with Gasteiger partial charge < -0.3 is 24.2 Å². The van der Waals surface area contributed by atoms with Gasteiger partial charge in [-0.25, -0.2) is 0 Å².